The van der Waals surface area contributed by atoms with Crippen LogP contribution in [0.25, 0.3) is 38.4 Å². The highest BCUT2D eigenvalue weighted by molar-refractivity contribution is 6.24. The summed E-state index contributed by atoms with van der Waals surface area (Å²) in [6, 6.07) is 41.8. The van der Waals surface area contributed by atoms with E-state index in [1.807, 2.05) is 30.3 Å². The lowest BCUT2D eigenvalue weighted by Gasteiger charge is -2.47. The van der Waals surface area contributed by atoms with Crippen LogP contribution in [-0.2, 0) is 10.3 Å². The normalized spacial score (nSPS) is 26.7. The average molecular weight is 584 g/mol. The minimum atomic E-state index is -1.15. The summed E-state index contributed by atoms with van der Waals surface area (Å²) < 4.78 is 0. The minimum Gasteiger partial charge on any atom is -0.297 e. The van der Waals surface area contributed by atoms with Crippen LogP contribution in [0.15, 0.2) is 127 Å². The van der Waals surface area contributed by atoms with Gasteiger partial charge >= 0.3 is 0 Å². The summed E-state index contributed by atoms with van der Waals surface area (Å²) in [5.74, 6) is -0.0525. The number of Topliss-reactive ketones (excluding diaryl/α,β-unsaturated/α-hetero) is 2. The number of hydrogen-bond acceptors (Lipinski definition) is 3. The van der Waals surface area contributed by atoms with Crippen LogP contribution in [0.3, 0.4) is 0 Å². The lowest BCUT2D eigenvalue weighted by molar-refractivity contribution is -0.130. The second-order valence-electron chi connectivity index (χ2n) is 13.2. The zero-order chi connectivity index (χ0) is 30.3. The van der Waals surface area contributed by atoms with Gasteiger partial charge in [-0.2, -0.15) is 0 Å². The molecule has 2 aliphatic carbocycles. The molecule has 4 atom stereocenters. The number of benzene rings is 6. The fraction of sp³-hybridized carbons (Fsp3) is 0.190. The maximum Gasteiger partial charge on any atom is 0.189 e. The van der Waals surface area contributed by atoms with Gasteiger partial charge in [0.05, 0.1) is 5.41 Å². The molecule has 1 saturated heterocycles. The van der Waals surface area contributed by atoms with Crippen LogP contribution in [-0.4, -0.2) is 17.6 Å². The van der Waals surface area contributed by atoms with E-state index in [1.165, 1.54) is 10.8 Å². The zero-order valence-electron chi connectivity index (χ0n) is 25.2. The second kappa shape index (κ2) is 9.57. The lowest BCUT2D eigenvalue weighted by atomic mass is 9.52. The Morgan fingerprint density at radius 1 is 0.689 bits per heavy atom. The van der Waals surface area contributed by atoms with Crippen LogP contribution < -0.4 is 5.32 Å². The lowest BCUT2D eigenvalue weighted by Crippen LogP contribution is -2.59. The van der Waals surface area contributed by atoms with Gasteiger partial charge in [0.2, 0.25) is 0 Å². The van der Waals surface area contributed by atoms with E-state index in [9.17, 15) is 0 Å². The van der Waals surface area contributed by atoms with Crippen LogP contribution in [0.1, 0.15) is 59.2 Å². The van der Waals surface area contributed by atoms with Crippen molar-refractivity contribution >= 4 is 50.0 Å². The molecule has 1 heterocycles. The third-order valence-corrected chi connectivity index (χ3v) is 11.0. The van der Waals surface area contributed by atoms with Gasteiger partial charge in [-0.15, -0.1) is 0 Å². The Kier molecular flexibility index (Phi) is 5.64. The molecule has 1 N–H and O–H groups in total. The molecule has 1 aliphatic heterocycles. The Balaban J connectivity index is 1.29. The fourth-order valence-electron chi connectivity index (χ4n) is 9.30. The van der Waals surface area contributed by atoms with Crippen molar-refractivity contribution in [3.63, 3.8) is 0 Å². The number of allylic oxidation sites excluding steroid dienone is 1. The number of carbonyl (C=O) groups excluding carboxylic acids is 2. The standard InChI is InChI=1S/C42H33NO2/c1-26-38(33-21-20-29-10-3-5-12-32(29)25-33)41(42(43-26)36-17-7-14-30-13-6-16-35(37(30)36)40(42)45)22-8-15-34(39(41)44)24-27-18-19-28-9-2-4-11-31(28)23-27/h2-7,9-14,16-21,23-26,38,43H,8,15,22H2,1H3/b34-24+/t26?,38-,41+,42+/m1/s1. The van der Waals surface area contributed by atoms with Crippen molar-refractivity contribution in [2.45, 2.75) is 43.7 Å². The third kappa shape index (κ3) is 3.50. The van der Waals surface area contributed by atoms with E-state index in [2.05, 4.69) is 109 Å². The number of nitrogens with one attached hydrogen (secondary N) is 1. The molecule has 3 aliphatic rings. The van der Waals surface area contributed by atoms with Gasteiger partial charge in [-0.1, -0.05) is 115 Å². The Morgan fingerprint density at radius 2 is 1.36 bits per heavy atom. The molecule has 0 aromatic heterocycles. The first-order valence-corrected chi connectivity index (χ1v) is 16.1. The van der Waals surface area contributed by atoms with Gasteiger partial charge in [-0.05, 0) is 92.9 Å². The van der Waals surface area contributed by atoms with E-state index < -0.39 is 11.0 Å². The summed E-state index contributed by atoms with van der Waals surface area (Å²) in [7, 11) is 0. The van der Waals surface area contributed by atoms with Gasteiger partial charge in [0.1, 0.15) is 5.54 Å². The number of rotatable bonds is 2. The average Bonchev–Trinajstić information content (AvgIpc) is 3.48. The number of hydrogen-bond donors (Lipinski definition) is 1. The zero-order valence-corrected chi connectivity index (χ0v) is 25.2. The topological polar surface area (TPSA) is 46.2 Å². The van der Waals surface area contributed by atoms with E-state index >= 15 is 9.59 Å². The monoisotopic (exact) mass is 583 g/mol. The predicted molar refractivity (Wildman–Crippen MR) is 182 cm³/mol. The molecule has 3 heteroatoms. The van der Waals surface area contributed by atoms with E-state index in [4.69, 9.17) is 0 Å². The summed E-state index contributed by atoms with van der Waals surface area (Å²) in [5, 5.41) is 10.6. The highest BCUT2D eigenvalue weighted by atomic mass is 16.1. The Hall–Kier alpha value is -4.86. The molecule has 3 nitrogen and oxygen atoms in total. The molecule has 0 radical (unpaired) electrons. The quantitative estimate of drug-likeness (QED) is 0.207. The van der Waals surface area contributed by atoms with Crippen LogP contribution in [0.5, 0.6) is 0 Å². The van der Waals surface area contributed by atoms with Crippen molar-refractivity contribution in [2.75, 3.05) is 0 Å². The van der Waals surface area contributed by atoms with Crippen LogP contribution in [0, 0.1) is 5.41 Å². The van der Waals surface area contributed by atoms with Crippen LogP contribution >= 0.6 is 0 Å². The molecule has 0 amide bonds. The Labute approximate surface area is 262 Å². The van der Waals surface area contributed by atoms with Crippen LogP contribution in [0.2, 0.25) is 0 Å². The first-order valence-electron chi connectivity index (χ1n) is 16.1. The van der Waals surface area contributed by atoms with Gasteiger partial charge < -0.3 is 0 Å². The molecule has 45 heavy (non-hydrogen) atoms. The molecule has 6 aromatic rings. The molecule has 2 fully saturated rings. The van der Waals surface area contributed by atoms with Crippen molar-refractivity contribution in [2.24, 2.45) is 5.41 Å². The molecular formula is C42H33NO2. The smallest absolute Gasteiger partial charge is 0.189 e. The highest BCUT2D eigenvalue weighted by Gasteiger charge is 2.73. The van der Waals surface area contributed by atoms with Gasteiger partial charge in [0.25, 0.3) is 0 Å². The molecule has 0 bridgehead atoms. The SMILES string of the molecule is CC1N[C@@]2(C(=O)c3cccc4cccc2c34)[C@@]2(CCC/C(=C\c3ccc4ccccc4c3)C2=O)[C@H]1c1ccc2ccccc2c1. The predicted octanol–water partition coefficient (Wildman–Crippen LogP) is 9.14. The first kappa shape index (κ1) is 26.5. The van der Waals surface area contributed by atoms with Crippen molar-refractivity contribution in [3.05, 3.63) is 149 Å². The van der Waals surface area contributed by atoms with Gasteiger partial charge in [0, 0.05) is 17.5 Å². The number of fused-ring (bicyclic) bond motifs is 4. The maximum absolute atomic E-state index is 15.5. The van der Waals surface area contributed by atoms with E-state index in [0.717, 1.165) is 55.8 Å². The van der Waals surface area contributed by atoms with Crippen molar-refractivity contribution < 1.29 is 9.59 Å². The van der Waals surface area contributed by atoms with Gasteiger partial charge in [-0.25, -0.2) is 0 Å². The Morgan fingerprint density at radius 3 is 2.13 bits per heavy atom. The van der Waals surface area contributed by atoms with E-state index in [0.29, 0.717) is 12.8 Å². The van der Waals surface area contributed by atoms with Crippen molar-refractivity contribution in [1.29, 1.82) is 0 Å². The summed E-state index contributed by atoms with van der Waals surface area (Å²) in [4.78, 5) is 30.6. The highest BCUT2D eigenvalue weighted by Crippen LogP contribution is 2.66. The summed E-state index contributed by atoms with van der Waals surface area (Å²) >= 11 is 0. The van der Waals surface area contributed by atoms with Gasteiger partial charge in [-0.3, -0.25) is 14.9 Å². The fourth-order valence-corrected chi connectivity index (χ4v) is 9.30. The van der Waals surface area contributed by atoms with Crippen molar-refractivity contribution in [1.82, 2.24) is 5.32 Å². The number of carbonyl (C=O) groups is 2. The third-order valence-electron chi connectivity index (χ3n) is 11.0. The summed E-state index contributed by atoms with van der Waals surface area (Å²) in [6.07, 6.45) is 4.28. The van der Waals surface area contributed by atoms with Crippen molar-refractivity contribution in [3.8, 4) is 0 Å². The van der Waals surface area contributed by atoms with Crippen LogP contribution in [0.4, 0.5) is 0 Å². The molecule has 9 rings (SSSR count). The van der Waals surface area contributed by atoms with E-state index in [-0.39, 0.29) is 23.5 Å². The molecule has 1 saturated carbocycles. The Bertz CT molecular complexity index is 2260. The molecule has 218 valence electrons. The number of ketones is 2. The molecule has 1 unspecified atom stereocenters. The molecular weight excluding hydrogens is 550 g/mol. The van der Waals surface area contributed by atoms with Gasteiger partial charge in [0.15, 0.2) is 11.6 Å². The summed E-state index contributed by atoms with van der Waals surface area (Å²) in [5.41, 5.74) is 2.49. The minimum absolute atomic E-state index is 0.0322. The maximum atomic E-state index is 15.5. The molecule has 2 spiro atoms. The summed E-state index contributed by atoms with van der Waals surface area (Å²) in [6.45, 7) is 2.17. The van der Waals surface area contributed by atoms with E-state index in [1.54, 1.807) is 0 Å². The largest absolute Gasteiger partial charge is 0.297 e. The molecule has 6 aromatic carbocycles. The first-order chi connectivity index (χ1) is 22.0. The second-order valence-corrected chi connectivity index (χ2v) is 13.2.